The highest BCUT2D eigenvalue weighted by Gasteiger charge is 2.31. The van der Waals surface area contributed by atoms with E-state index in [0.29, 0.717) is 24.9 Å². The highest BCUT2D eigenvalue weighted by atomic mass is 32.2. The highest BCUT2D eigenvalue weighted by molar-refractivity contribution is 7.87. The van der Waals surface area contributed by atoms with Crippen LogP contribution in [0.5, 0.6) is 0 Å². The Labute approximate surface area is 105 Å². The molecule has 0 bridgehead atoms. The summed E-state index contributed by atoms with van der Waals surface area (Å²) in [5, 5.41) is 0. The number of hydrogen-bond donors (Lipinski definition) is 1. The van der Waals surface area contributed by atoms with E-state index < -0.39 is 10.2 Å². The first-order valence-electron chi connectivity index (χ1n) is 6.75. The predicted octanol–water partition coefficient (Wildman–Crippen LogP) is 1.74. The molecule has 1 N–H and O–H groups in total. The van der Waals surface area contributed by atoms with E-state index >= 15 is 0 Å². The van der Waals surface area contributed by atoms with E-state index in [9.17, 15) is 8.42 Å². The summed E-state index contributed by atoms with van der Waals surface area (Å²) in [6.45, 7) is 5.74. The van der Waals surface area contributed by atoms with E-state index in [0.717, 1.165) is 32.1 Å². The maximum absolute atomic E-state index is 12.2. The van der Waals surface area contributed by atoms with Crippen molar-refractivity contribution in [3.05, 3.63) is 0 Å². The average Bonchev–Trinajstić information content (AvgIpc) is 2.63. The molecule has 0 aromatic heterocycles. The van der Waals surface area contributed by atoms with Crippen LogP contribution < -0.4 is 4.72 Å². The summed E-state index contributed by atoms with van der Waals surface area (Å²) in [7, 11) is -3.23. The fourth-order valence-electron chi connectivity index (χ4n) is 2.82. The summed E-state index contributed by atoms with van der Waals surface area (Å²) >= 11 is 0. The topological polar surface area (TPSA) is 49.4 Å². The van der Waals surface area contributed by atoms with Crippen molar-refractivity contribution in [3.63, 3.8) is 0 Å². The van der Waals surface area contributed by atoms with Gasteiger partial charge in [-0.3, -0.25) is 0 Å². The molecule has 2 atom stereocenters. The van der Waals surface area contributed by atoms with Crippen molar-refractivity contribution in [2.24, 2.45) is 11.8 Å². The van der Waals surface area contributed by atoms with Crippen LogP contribution in [0.25, 0.3) is 0 Å². The molecular formula is C12H24N2O2S. The van der Waals surface area contributed by atoms with Gasteiger partial charge in [-0.2, -0.15) is 17.4 Å². The van der Waals surface area contributed by atoms with Gasteiger partial charge in [0.2, 0.25) is 0 Å². The van der Waals surface area contributed by atoms with E-state index in [-0.39, 0.29) is 6.04 Å². The van der Waals surface area contributed by atoms with E-state index in [4.69, 9.17) is 0 Å². The summed E-state index contributed by atoms with van der Waals surface area (Å²) in [4.78, 5) is 0. The summed E-state index contributed by atoms with van der Waals surface area (Å²) < 4.78 is 28.8. The number of hydrogen-bond acceptors (Lipinski definition) is 2. The zero-order valence-corrected chi connectivity index (χ0v) is 11.7. The fraction of sp³-hybridized carbons (Fsp3) is 1.00. The molecule has 0 spiro atoms. The van der Waals surface area contributed by atoms with E-state index in [2.05, 4.69) is 18.6 Å². The van der Waals surface area contributed by atoms with Crippen LogP contribution in [-0.4, -0.2) is 31.9 Å². The number of nitrogens with zero attached hydrogens (tertiary/aromatic N) is 1. The Morgan fingerprint density at radius 2 is 1.65 bits per heavy atom. The van der Waals surface area contributed by atoms with Crippen molar-refractivity contribution in [2.45, 2.75) is 52.0 Å². The normalized spacial score (nSPS) is 33.1. The standard InChI is InChI=1S/C12H24N2O2S/c1-10-5-7-14(8-6-10)17(15,16)13-12-4-3-11(2)9-12/h10-13H,3-9H2,1-2H3. The Kier molecular flexibility index (Phi) is 4.10. The lowest BCUT2D eigenvalue weighted by Gasteiger charge is -2.30. The zero-order valence-electron chi connectivity index (χ0n) is 10.9. The Morgan fingerprint density at radius 1 is 1.00 bits per heavy atom. The quantitative estimate of drug-likeness (QED) is 0.840. The van der Waals surface area contributed by atoms with Gasteiger partial charge in [-0.05, 0) is 43.9 Å². The molecule has 1 heterocycles. The summed E-state index contributed by atoms with van der Waals surface area (Å²) in [6, 6.07) is 0.161. The van der Waals surface area contributed by atoms with Crippen LogP contribution in [0, 0.1) is 11.8 Å². The third-order valence-electron chi connectivity index (χ3n) is 4.09. The van der Waals surface area contributed by atoms with Crippen LogP contribution in [0.1, 0.15) is 46.0 Å². The lowest BCUT2D eigenvalue weighted by Crippen LogP contribution is -2.47. The first-order valence-corrected chi connectivity index (χ1v) is 8.19. The molecule has 0 radical (unpaired) electrons. The van der Waals surface area contributed by atoms with Crippen LogP contribution in [0.15, 0.2) is 0 Å². The molecule has 2 aliphatic rings. The molecule has 1 aliphatic heterocycles. The van der Waals surface area contributed by atoms with Crippen LogP contribution in [0.3, 0.4) is 0 Å². The van der Waals surface area contributed by atoms with E-state index in [1.807, 2.05) is 0 Å². The summed E-state index contributed by atoms with van der Waals surface area (Å²) in [5.74, 6) is 1.32. The molecule has 100 valence electrons. The number of nitrogens with one attached hydrogen (secondary N) is 1. The highest BCUT2D eigenvalue weighted by Crippen LogP contribution is 2.26. The molecular weight excluding hydrogens is 236 g/mol. The predicted molar refractivity (Wildman–Crippen MR) is 68.8 cm³/mol. The van der Waals surface area contributed by atoms with E-state index in [1.165, 1.54) is 0 Å². The van der Waals surface area contributed by atoms with Gasteiger partial charge < -0.3 is 0 Å². The largest absolute Gasteiger partial charge is 0.279 e. The summed E-state index contributed by atoms with van der Waals surface area (Å²) in [6.07, 6.45) is 5.10. The van der Waals surface area contributed by atoms with Crippen LogP contribution in [-0.2, 0) is 10.2 Å². The van der Waals surface area contributed by atoms with E-state index in [1.54, 1.807) is 4.31 Å². The molecule has 1 saturated heterocycles. The van der Waals surface area contributed by atoms with Gasteiger partial charge in [0.15, 0.2) is 0 Å². The van der Waals surface area contributed by atoms with Crippen molar-refractivity contribution < 1.29 is 8.42 Å². The lowest BCUT2D eigenvalue weighted by molar-refractivity contribution is 0.283. The van der Waals surface area contributed by atoms with Crippen molar-refractivity contribution >= 4 is 10.2 Å². The zero-order chi connectivity index (χ0) is 12.5. The molecule has 2 fully saturated rings. The molecule has 1 saturated carbocycles. The smallest absolute Gasteiger partial charge is 0.199 e. The molecule has 0 aromatic rings. The second-order valence-corrected chi connectivity index (χ2v) is 7.52. The SMILES string of the molecule is CC1CCN(S(=O)(=O)NC2CCC(C)C2)CC1. The Morgan fingerprint density at radius 3 is 2.18 bits per heavy atom. The monoisotopic (exact) mass is 260 g/mol. The van der Waals surface area contributed by atoms with Crippen LogP contribution in [0.2, 0.25) is 0 Å². The molecule has 4 nitrogen and oxygen atoms in total. The third kappa shape index (κ3) is 3.42. The summed E-state index contributed by atoms with van der Waals surface area (Å²) in [5.41, 5.74) is 0. The van der Waals surface area contributed by atoms with Gasteiger partial charge >= 0.3 is 0 Å². The van der Waals surface area contributed by atoms with Crippen molar-refractivity contribution in [1.82, 2.24) is 9.03 Å². The molecule has 2 rings (SSSR count). The Bertz CT molecular complexity index is 348. The van der Waals surface area contributed by atoms with Gasteiger partial charge in [-0.1, -0.05) is 13.8 Å². The van der Waals surface area contributed by atoms with Gasteiger partial charge in [0, 0.05) is 19.1 Å². The minimum Gasteiger partial charge on any atom is -0.199 e. The molecule has 2 unspecified atom stereocenters. The Hall–Kier alpha value is -0.130. The average molecular weight is 260 g/mol. The minimum atomic E-state index is -3.23. The van der Waals surface area contributed by atoms with Gasteiger partial charge in [0.05, 0.1) is 0 Å². The molecule has 1 aliphatic carbocycles. The maximum Gasteiger partial charge on any atom is 0.279 e. The maximum atomic E-state index is 12.2. The van der Waals surface area contributed by atoms with Crippen molar-refractivity contribution in [1.29, 1.82) is 0 Å². The van der Waals surface area contributed by atoms with Crippen LogP contribution >= 0.6 is 0 Å². The molecule has 0 aromatic carbocycles. The van der Waals surface area contributed by atoms with Gasteiger partial charge in [-0.25, -0.2) is 0 Å². The molecule has 5 heteroatoms. The van der Waals surface area contributed by atoms with Gasteiger partial charge in [0.25, 0.3) is 10.2 Å². The number of rotatable bonds is 3. The molecule has 0 amide bonds. The fourth-order valence-corrected chi connectivity index (χ4v) is 4.30. The van der Waals surface area contributed by atoms with Crippen molar-refractivity contribution in [2.75, 3.05) is 13.1 Å². The first-order chi connectivity index (χ1) is 7.97. The molecule has 17 heavy (non-hydrogen) atoms. The third-order valence-corrected chi connectivity index (χ3v) is 5.77. The lowest BCUT2D eigenvalue weighted by atomic mass is 10.0. The van der Waals surface area contributed by atoms with Gasteiger partial charge in [0.1, 0.15) is 0 Å². The minimum absolute atomic E-state index is 0.161. The van der Waals surface area contributed by atoms with Crippen molar-refractivity contribution in [3.8, 4) is 0 Å². The first kappa shape index (κ1) is 13.3. The van der Waals surface area contributed by atoms with Gasteiger partial charge in [-0.15, -0.1) is 0 Å². The Balaban J connectivity index is 1.90. The second kappa shape index (κ2) is 5.24. The number of piperidine rings is 1. The second-order valence-electron chi connectivity index (χ2n) is 5.82. The van der Waals surface area contributed by atoms with Crippen LogP contribution in [0.4, 0.5) is 0 Å².